The van der Waals surface area contributed by atoms with Crippen molar-refractivity contribution in [2.75, 3.05) is 25.1 Å². The number of aryl methyl sites for hydroxylation is 1. The van der Waals surface area contributed by atoms with Crippen molar-refractivity contribution in [3.05, 3.63) is 118 Å². The maximum absolute atomic E-state index is 14.8. The molecule has 264 valence electrons. The standard InChI is InChI=1S/C39H44BrN3O6S/c1-28-17-20-34(21-18-28)50(46,47)43(33-19-22-36(48-2)37(25-33)49-3)27-38(44)42(26-30-13-10-14-31(40)23-30)35(24-29-11-6-4-7-12-29)39(45)41-32-15-8-5-9-16-32/h4,6-7,10-14,17-23,25,32,35H,5,8-9,15-16,24,26-27H2,1-3H3,(H,41,45)/t35-/m1/s1. The molecule has 4 aromatic rings. The fourth-order valence-corrected chi connectivity index (χ4v) is 8.13. The molecule has 0 aromatic heterocycles. The molecule has 4 aromatic carbocycles. The number of carbonyl (C=O) groups is 2. The van der Waals surface area contributed by atoms with Gasteiger partial charge in [0.1, 0.15) is 12.6 Å². The first-order chi connectivity index (χ1) is 24.1. The molecular weight excluding hydrogens is 718 g/mol. The van der Waals surface area contributed by atoms with Gasteiger partial charge < -0.3 is 19.7 Å². The number of anilines is 1. The average Bonchev–Trinajstić information content (AvgIpc) is 3.12. The monoisotopic (exact) mass is 761 g/mol. The summed E-state index contributed by atoms with van der Waals surface area (Å²) < 4.78 is 41.7. The molecule has 1 N–H and O–H groups in total. The topological polar surface area (TPSA) is 105 Å². The van der Waals surface area contributed by atoms with Gasteiger partial charge in [-0.15, -0.1) is 0 Å². The average molecular weight is 763 g/mol. The largest absolute Gasteiger partial charge is 0.493 e. The van der Waals surface area contributed by atoms with Crippen molar-refractivity contribution in [3.8, 4) is 11.5 Å². The van der Waals surface area contributed by atoms with Gasteiger partial charge in [0.25, 0.3) is 10.0 Å². The van der Waals surface area contributed by atoms with Crippen LogP contribution in [0.3, 0.4) is 0 Å². The van der Waals surface area contributed by atoms with Crippen LogP contribution in [0.5, 0.6) is 11.5 Å². The van der Waals surface area contributed by atoms with Gasteiger partial charge in [-0.1, -0.05) is 95.4 Å². The van der Waals surface area contributed by atoms with Gasteiger partial charge in [0.05, 0.1) is 24.8 Å². The number of hydrogen-bond donors (Lipinski definition) is 1. The summed E-state index contributed by atoms with van der Waals surface area (Å²) in [6, 6.07) is 27.4. The Labute approximate surface area is 303 Å². The molecule has 0 spiro atoms. The summed E-state index contributed by atoms with van der Waals surface area (Å²) in [5.74, 6) is -0.0754. The van der Waals surface area contributed by atoms with Gasteiger partial charge in [0.2, 0.25) is 11.8 Å². The second-order valence-corrected chi connectivity index (χ2v) is 15.3. The van der Waals surface area contributed by atoms with Gasteiger partial charge in [-0.25, -0.2) is 8.42 Å². The van der Waals surface area contributed by atoms with Gasteiger partial charge in [-0.2, -0.15) is 0 Å². The zero-order valence-electron chi connectivity index (χ0n) is 28.7. The van der Waals surface area contributed by atoms with Gasteiger partial charge in [-0.3, -0.25) is 13.9 Å². The summed E-state index contributed by atoms with van der Waals surface area (Å²) in [5.41, 5.74) is 2.78. The predicted octanol–water partition coefficient (Wildman–Crippen LogP) is 7.06. The highest BCUT2D eigenvalue weighted by molar-refractivity contribution is 9.10. The zero-order valence-corrected chi connectivity index (χ0v) is 31.1. The maximum Gasteiger partial charge on any atom is 0.264 e. The SMILES string of the molecule is COc1ccc(N(CC(=O)N(Cc2cccc(Br)c2)[C@H](Cc2ccccc2)C(=O)NC2CCCCC2)S(=O)(=O)c2ccc(C)cc2)cc1OC. The minimum Gasteiger partial charge on any atom is -0.493 e. The summed E-state index contributed by atoms with van der Waals surface area (Å²) in [6.07, 6.45) is 5.21. The molecule has 0 aliphatic heterocycles. The molecule has 9 nitrogen and oxygen atoms in total. The van der Waals surface area contributed by atoms with E-state index < -0.39 is 28.5 Å². The van der Waals surface area contributed by atoms with E-state index >= 15 is 0 Å². The van der Waals surface area contributed by atoms with Crippen LogP contribution < -0.4 is 19.1 Å². The van der Waals surface area contributed by atoms with E-state index in [9.17, 15) is 18.0 Å². The summed E-state index contributed by atoms with van der Waals surface area (Å²) in [4.78, 5) is 30.7. The van der Waals surface area contributed by atoms with Crippen LogP contribution in [0.1, 0.15) is 48.8 Å². The van der Waals surface area contributed by atoms with Crippen molar-refractivity contribution in [1.29, 1.82) is 0 Å². The minimum atomic E-state index is -4.27. The Morgan fingerprint density at radius 3 is 2.18 bits per heavy atom. The third kappa shape index (κ3) is 9.25. The number of nitrogens with one attached hydrogen (secondary N) is 1. The molecule has 5 rings (SSSR count). The summed E-state index contributed by atoms with van der Waals surface area (Å²) in [6.45, 7) is 1.39. The summed E-state index contributed by atoms with van der Waals surface area (Å²) in [7, 11) is -1.31. The van der Waals surface area contributed by atoms with Gasteiger partial charge in [0, 0.05) is 29.5 Å². The van der Waals surface area contributed by atoms with E-state index in [1.54, 1.807) is 24.3 Å². The van der Waals surface area contributed by atoms with E-state index in [0.717, 1.165) is 57.6 Å². The Bertz CT molecular complexity index is 1860. The van der Waals surface area contributed by atoms with Crippen molar-refractivity contribution < 1.29 is 27.5 Å². The lowest BCUT2D eigenvalue weighted by molar-refractivity contribution is -0.140. The van der Waals surface area contributed by atoms with Crippen LogP contribution in [0, 0.1) is 6.92 Å². The Morgan fingerprint density at radius 1 is 0.840 bits per heavy atom. The number of amides is 2. The Balaban J connectivity index is 1.59. The minimum absolute atomic E-state index is 0.0162. The van der Waals surface area contributed by atoms with Gasteiger partial charge >= 0.3 is 0 Å². The van der Waals surface area contributed by atoms with Crippen molar-refractivity contribution in [2.45, 2.75) is 69.0 Å². The van der Waals surface area contributed by atoms with Crippen LogP contribution >= 0.6 is 15.9 Å². The van der Waals surface area contributed by atoms with Crippen LogP contribution in [0.4, 0.5) is 5.69 Å². The Morgan fingerprint density at radius 2 is 1.52 bits per heavy atom. The molecule has 0 bridgehead atoms. The molecule has 0 saturated heterocycles. The number of methoxy groups -OCH3 is 2. The number of rotatable bonds is 14. The number of sulfonamides is 1. The first-order valence-corrected chi connectivity index (χ1v) is 19.0. The Kier molecular flexibility index (Phi) is 12.6. The first kappa shape index (κ1) is 36.9. The lowest BCUT2D eigenvalue weighted by Crippen LogP contribution is -2.55. The fourth-order valence-electron chi connectivity index (χ4n) is 6.28. The molecule has 0 unspecified atom stereocenters. The third-order valence-corrected chi connectivity index (χ3v) is 11.3. The zero-order chi connectivity index (χ0) is 35.7. The highest BCUT2D eigenvalue weighted by Gasteiger charge is 2.35. The molecule has 1 fully saturated rings. The number of ether oxygens (including phenoxy) is 2. The Hall–Kier alpha value is -4.35. The van der Waals surface area contributed by atoms with Crippen molar-refractivity contribution in [1.82, 2.24) is 10.2 Å². The van der Waals surface area contributed by atoms with Crippen LogP contribution in [-0.2, 0) is 32.6 Å². The fraction of sp³-hybridized carbons (Fsp3) is 0.333. The van der Waals surface area contributed by atoms with E-state index in [4.69, 9.17) is 9.47 Å². The van der Waals surface area contributed by atoms with E-state index in [1.807, 2.05) is 61.5 Å². The van der Waals surface area contributed by atoms with Gasteiger partial charge in [-0.05, 0) is 67.3 Å². The lowest BCUT2D eigenvalue weighted by Gasteiger charge is -2.35. The molecule has 1 saturated carbocycles. The first-order valence-electron chi connectivity index (χ1n) is 16.8. The van der Waals surface area contributed by atoms with E-state index in [0.29, 0.717) is 11.5 Å². The molecule has 2 amide bonds. The number of benzene rings is 4. The molecular formula is C39H44BrN3O6S. The smallest absolute Gasteiger partial charge is 0.264 e. The summed E-state index contributed by atoms with van der Waals surface area (Å²) in [5, 5.41) is 3.24. The molecule has 1 aliphatic rings. The van der Waals surface area contributed by atoms with E-state index in [1.165, 1.54) is 37.3 Å². The van der Waals surface area contributed by atoms with Crippen LogP contribution in [-0.4, -0.2) is 58.0 Å². The van der Waals surface area contributed by atoms with Crippen LogP contribution in [0.25, 0.3) is 0 Å². The number of carbonyl (C=O) groups excluding carboxylic acids is 2. The number of nitrogens with zero attached hydrogens (tertiary/aromatic N) is 2. The van der Waals surface area contributed by atoms with E-state index in [2.05, 4.69) is 21.2 Å². The van der Waals surface area contributed by atoms with Crippen molar-refractivity contribution in [2.24, 2.45) is 0 Å². The highest BCUT2D eigenvalue weighted by atomic mass is 79.9. The van der Waals surface area contributed by atoms with Crippen molar-refractivity contribution >= 4 is 43.5 Å². The van der Waals surface area contributed by atoms with E-state index in [-0.39, 0.29) is 35.5 Å². The maximum atomic E-state index is 14.8. The van der Waals surface area contributed by atoms with Gasteiger partial charge in [0.15, 0.2) is 11.5 Å². The second kappa shape index (κ2) is 17.0. The third-order valence-electron chi connectivity index (χ3n) is 9.01. The predicted molar refractivity (Wildman–Crippen MR) is 199 cm³/mol. The molecule has 11 heteroatoms. The molecule has 1 aliphatic carbocycles. The molecule has 0 radical (unpaired) electrons. The highest BCUT2D eigenvalue weighted by Crippen LogP contribution is 2.34. The van der Waals surface area contributed by atoms with Crippen LogP contribution in [0.2, 0.25) is 0 Å². The summed E-state index contributed by atoms with van der Waals surface area (Å²) >= 11 is 3.54. The molecule has 0 heterocycles. The normalized spacial score (nSPS) is 14.0. The molecule has 50 heavy (non-hydrogen) atoms. The lowest BCUT2D eigenvalue weighted by atomic mass is 9.94. The molecule has 1 atom stereocenters. The number of hydrogen-bond acceptors (Lipinski definition) is 6. The van der Waals surface area contributed by atoms with Crippen molar-refractivity contribution in [3.63, 3.8) is 0 Å². The number of halogens is 1. The van der Waals surface area contributed by atoms with Crippen LogP contribution in [0.15, 0.2) is 106 Å². The second-order valence-electron chi connectivity index (χ2n) is 12.6. The quantitative estimate of drug-likeness (QED) is 0.148.